The van der Waals surface area contributed by atoms with Crippen LogP contribution in [-0.4, -0.2) is 17.9 Å². The predicted octanol–water partition coefficient (Wildman–Crippen LogP) is 5.93. The molecule has 0 unspecified atom stereocenters. The first kappa shape index (κ1) is 20.0. The molecule has 0 aromatic heterocycles. The average Bonchev–Trinajstić information content (AvgIpc) is 3.22. The zero-order chi connectivity index (χ0) is 21.5. The maximum atomic E-state index is 13.8. The van der Waals surface area contributed by atoms with Crippen molar-refractivity contribution in [3.63, 3.8) is 0 Å². The number of ketones is 1. The van der Waals surface area contributed by atoms with E-state index in [0.717, 1.165) is 24.8 Å². The Labute approximate surface area is 186 Å². The molecule has 6 fully saturated rings. The van der Waals surface area contributed by atoms with E-state index in [2.05, 4.69) is 20.8 Å². The number of hydrogen-bond donors (Lipinski definition) is 0. The minimum absolute atomic E-state index is 0.00336. The molecule has 0 aliphatic heterocycles. The van der Waals surface area contributed by atoms with Gasteiger partial charge in [0.2, 0.25) is 0 Å². The van der Waals surface area contributed by atoms with E-state index >= 15 is 0 Å². The van der Waals surface area contributed by atoms with Crippen molar-refractivity contribution in [3.05, 3.63) is 35.9 Å². The predicted molar refractivity (Wildman–Crippen MR) is 119 cm³/mol. The van der Waals surface area contributed by atoms with E-state index in [9.17, 15) is 9.59 Å². The molecule has 3 heteroatoms. The lowest BCUT2D eigenvalue weighted by molar-refractivity contribution is -0.185. The van der Waals surface area contributed by atoms with Crippen LogP contribution in [0.1, 0.15) is 76.1 Å². The van der Waals surface area contributed by atoms with Gasteiger partial charge in [-0.05, 0) is 74.5 Å². The van der Waals surface area contributed by atoms with Gasteiger partial charge in [-0.15, -0.1) is 0 Å². The molecule has 0 saturated heterocycles. The van der Waals surface area contributed by atoms with Crippen LogP contribution in [0.3, 0.4) is 0 Å². The van der Waals surface area contributed by atoms with Crippen molar-refractivity contribution >= 4 is 11.8 Å². The SMILES string of the molecule is CC1(C)[C@H]2CC[C@](C)(C2)[C@H]1OC(=O)[C@H]1[C@H]2C[C@@H]3C[C@H](C2)[C@@H](C(=O)c2ccccc2)[C@H]1C3. The Bertz CT molecular complexity index is 899. The summed E-state index contributed by atoms with van der Waals surface area (Å²) >= 11 is 0. The Hall–Kier alpha value is -1.64. The van der Waals surface area contributed by atoms with E-state index in [0.29, 0.717) is 23.7 Å². The molecule has 9 atom stereocenters. The summed E-state index contributed by atoms with van der Waals surface area (Å²) in [6.45, 7) is 6.94. The highest BCUT2D eigenvalue weighted by Gasteiger charge is 2.63. The van der Waals surface area contributed by atoms with Gasteiger partial charge in [-0.3, -0.25) is 9.59 Å². The molecule has 166 valence electrons. The fourth-order valence-electron chi connectivity index (χ4n) is 9.23. The van der Waals surface area contributed by atoms with Gasteiger partial charge in [0.05, 0.1) is 5.92 Å². The maximum Gasteiger partial charge on any atom is 0.309 e. The van der Waals surface area contributed by atoms with Gasteiger partial charge in [0.15, 0.2) is 5.78 Å². The minimum Gasteiger partial charge on any atom is -0.461 e. The second kappa shape index (κ2) is 6.68. The first-order chi connectivity index (χ1) is 14.8. The third-order valence-electron chi connectivity index (χ3n) is 10.4. The van der Waals surface area contributed by atoms with E-state index in [4.69, 9.17) is 4.74 Å². The van der Waals surface area contributed by atoms with Crippen LogP contribution in [0.15, 0.2) is 30.3 Å². The monoisotopic (exact) mass is 420 g/mol. The van der Waals surface area contributed by atoms with Crippen LogP contribution in [0.25, 0.3) is 0 Å². The quantitative estimate of drug-likeness (QED) is 0.448. The second-order valence-electron chi connectivity index (χ2n) is 12.5. The van der Waals surface area contributed by atoms with Crippen LogP contribution in [0.4, 0.5) is 0 Å². The zero-order valence-electron chi connectivity index (χ0n) is 19.2. The Kier molecular flexibility index (Phi) is 4.31. The van der Waals surface area contributed by atoms with E-state index in [1.54, 1.807) is 0 Å². The number of carbonyl (C=O) groups excluding carboxylic acids is 2. The standard InChI is InChI=1S/C28H36O3/c1-27(2)20-9-10-28(3,15-20)26(27)31-25(30)23-19-12-16-11-18(14-19)22(21(23)13-16)24(29)17-7-5-4-6-8-17/h4-8,16,18-23,26H,9-15H2,1-3H3/t16-,18+,19-,20-,21+,22+,23-,26-,28+/m0/s1. The molecule has 31 heavy (non-hydrogen) atoms. The van der Waals surface area contributed by atoms with Crippen molar-refractivity contribution in [3.8, 4) is 0 Å². The fourth-order valence-corrected chi connectivity index (χ4v) is 9.23. The molecule has 0 radical (unpaired) electrons. The Morgan fingerprint density at radius 1 is 0.935 bits per heavy atom. The number of esters is 1. The third-order valence-corrected chi connectivity index (χ3v) is 10.4. The summed E-state index contributed by atoms with van der Waals surface area (Å²) in [7, 11) is 0. The molecule has 6 aliphatic rings. The van der Waals surface area contributed by atoms with Crippen molar-refractivity contribution in [2.75, 3.05) is 0 Å². The summed E-state index contributed by atoms with van der Waals surface area (Å²) in [5.41, 5.74) is 1.01. The molecule has 3 nitrogen and oxygen atoms in total. The van der Waals surface area contributed by atoms with Crippen molar-refractivity contribution in [2.45, 2.75) is 71.8 Å². The summed E-state index contributed by atoms with van der Waals surface area (Å²) in [4.78, 5) is 27.3. The summed E-state index contributed by atoms with van der Waals surface area (Å²) in [5.74, 6) is 2.62. The summed E-state index contributed by atoms with van der Waals surface area (Å²) < 4.78 is 6.47. The molecular weight excluding hydrogens is 384 g/mol. The average molecular weight is 421 g/mol. The molecule has 0 N–H and O–H groups in total. The van der Waals surface area contributed by atoms with Crippen molar-refractivity contribution in [1.29, 1.82) is 0 Å². The van der Waals surface area contributed by atoms with Crippen molar-refractivity contribution < 1.29 is 14.3 Å². The molecule has 7 rings (SSSR count). The van der Waals surface area contributed by atoms with Gasteiger partial charge in [0, 0.05) is 22.3 Å². The van der Waals surface area contributed by atoms with Crippen LogP contribution >= 0.6 is 0 Å². The van der Waals surface area contributed by atoms with Crippen LogP contribution in [0, 0.1) is 52.3 Å². The van der Waals surface area contributed by atoms with E-state index in [1.165, 1.54) is 25.7 Å². The number of rotatable bonds is 4. The molecule has 0 amide bonds. The second-order valence-corrected chi connectivity index (χ2v) is 12.5. The first-order valence-corrected chi connectivity index (χ1v) is 12.6. The summed E-state index contributed by atoms with van der Waals surface area (Å²) in [6.07, 6.45) is 8.05. The minimum atomic E-state index is -0.0796. The zero-order valence-corrected chi connectivity index (χ0v) is 19.2. The first-order valence-electron chi connectivity index (χ1n) is 12.6. The number of hydrogen-bond acceptors (Lipinski definition) is 3. The third kappa shape index (κ3) is 2.84. The molecule has 0 spiro atoms. The Balaban J connectivity index is 1.28. The molecule has 6 aliphatic carbocycles. The summed E-state index contributed by atoms with van der Waals surface area (Å²) in [5, 5.41) is 0. The number of carbonyl (C=O) groups is 2. The Morgan fingerprint density at radius 3 is 2.32 bits per heavy atom. The maximum absolute atomic E-state index is 13.8. The van der Waals surface area contributed by atoms with E-state index < -0.39 is 0 Å². The van der Waals surface area contributed by atoms with Gasteiger partial charge < -0.3 is 4.74 Å². The molecule has 6 saturated carbocycles. The van der Waals surface area contributed by atoms with Crippen molar-refractivity contribution in [1.82, 2.24) is 0 Å². The number of Topliss-reactive ketones (excluding diaryl/α,β-unsaturated/α-hetero) is 1. The molecule has 1 aromatic rings. The highest BCUT2D eigenvalue weighted by atomic mass is 16.5. The molecule has 0 heterocycles. The highest BCUT2D eigenvalue weighted by molar-refractivity contribution is 5.98. The van der Waals surface area contributed by atoms with Gasteiger partial charge in [0.25, 0.3) is 0 Å². The van der Waals surface area contributed by atoms with Gasteiger partial charge in [0.1, 0.15) is 6.10 Å². The van der Waals surface area contributed by atoms with Crippen LogP contribution in [0.5, 0.6) is 0 Å². The van der Waals surface area contributed by atoms with Crippen molar-refractivity contribution in [2.24, 2.45) is 52.3 Å². The number of benzene rings is 1. The van der Waals surface area contributed by atoms with E-state index in [1.807, 2.05) is 30.3 Å². The highest BCUT2D eigenvalue weighted by Crippen LogP contribution is 2.65. The largest absolute Gasteiger partial charge is 0.461 e. The van der Waals surface area contributed by atoms with Crippen LogP contribution in [0.2, 0.25) is 0 Å². The number of fused-ring (bicyclic) bond motifs is 2. The molecule has 1 aromatic carbocycles. The van der Waals surface area contributed by atoms with Crippen LogP contribution in [-0.2, 0) is 9.53 Å². The van der Waals surface area contributed by atoms with Gasteiger partial charge in [-0.2, -0.15) is 0 Å². The fraction of sp³-hybridized carbons (Fsp3) is 0.714. The lowest BCUT2D eigenvalue weighted by Gasteiger charge is -2.57. The normalized spacial score (nSPS) is 46.3. The number of ether oxygens (including phenoxy) is 1. The summed E-state index contributed by atoms with van der Waals surface area (Å²) in [6, 6.07) is 9.75. The lowest BCUT2D eigenvalue weighted by Crippen LogP contribution is -2.56. The van der Waals surface area contributed by atoms with Crippen LogP contribution < -0.4 is 0 Å². The lowest BCUT2D eigenvalue weighted by atomic mass is 9.47. The Morgan fingerprint density at radius 2 is 1.65 bits per heavy atom. The smallest absolute Gasteiger partial charge is 0.309 e. The molecular formula is C28H36O3. The van der Waals surface area contributed by atoms with E-state index in [-0.39, 0.29) is 46.4 Å². The molecule has 6 bridgehead atoms. The van der Waals surface area contributed by atoms with Gasteiger partial charge in [-0.25, -0.2) is 0 Å². The topological polar surface area (TPSA) is 43.4 Å². The van der Waals surface area contributed by atoms with Gasteiger partial charge >= 0.3 is 5.97 Å². The van der Waals surface area contributed by atoms with Gasteiger partial charge in [-0.1, -0.05) is 51.1 Å².